The molecule has 10 heteroatoms. The molecule has 3 aromatic rings. The second kappa shape index (κ2) is 6.77. The van der Waals surface area contributed by atoms with E-state index in [1.165, 1.54) is 22.7 Å². The van der Waals surface area contributed by atoms with Gasteiger partial charge in [-0.2, -0.15) is 0 Å². The largest absolute Gasteiger partial charge is 0.448 e. The molecular weight excluding hydrogens is 376 g/mol. The lowest BCUT2D eigenvalue weighted by atomic mass is 10.2. The van der Waals surface area contributed by atoms with Crippen molar-refractivity contribution in [3.63, 3.8) is 0 Å². The first kappa shape index (κ1) is 17.3. The van der Waals surface area contributed by atoms with Crippen molar-refractivity contribution in [2.24, 2.45) is 0 Å². The molecule has 1 N–H and O–H groups in total. The third-order valence-electron chi connectivity index (χ3n) is 3.25. The molecule has 0 aliphatic carbocycles. The van der Waals surface area contributed by atoms with Crippen LogP contribution in [0.4, 0.5) is 14.5 Å². The smallest absolute Gasteiger partial charge is 0.359 e. The summed E-state index contributed by atoms with van der Waals surface area (Å²) < 4.78 is 33.2. The van der Waals surface area contributed by atoms with Gasteiger partial charge >= 0.3 is 5.97 Å². The molecule has 2 heterocycles. The molecule has 1 amide bonds. The van der Waals surface area contributed by atoms with Crippen LogP contribution in [-0.4, -0.2) is 27.4 Å². The summed E-state index contributed by atoms with van der Waals surface area (Å²) in [5, 5.41) is 3.82. The van der Waals surface area contributed by atoms with E-state index in [-0.39, 0.29) is 16.5 Å². The molecule has 6 nitrogen and oxygen atoms in total. The standard InChI is InChI=1S/C15H10ClF2N3O3S/c1-7(13(22)19-10-6-8(17)2-3-9(10)18)24-14(23)11-12(16)20-15-21(11)4-5-25-15/h2-7H,1H3,(H,19,22)/t7-/m1/s1. The van der Waals surface area contributed by atoms with Gasteiger partial charge in [-0.25, -0.2) is 18.6 Å². The Morgan fingerprint density at radius 3 is 2.92 bits per heavy atom. The van der Waals surface area contributed by atoms with E-state index in [0.29, 0.717) is 4.96 Å². The van der Waals surface area contributed by atoms with Gasteiger partial charge < -0.3 is 10.1 Å². The molecule has 1 atom stereocenters. The number of thiazole rings is 1. The first-order valence-electron chi connectivity index (χ1n) is 6.94. The molecule has 1 aromatic carbocycles. The number of anilines is 1. The van der Waals surface area contributed by atoms with Crippen LogP contribution in [0.15, 0.2) is 29.8 Å². The molecule has 0 unspecified atom stereocenters. The predicted molar refractivity (Wildman–Crippen MR) is 87.9 cm³/mol. The zero-order valence-electron chi connectivity index (χ0n) is 12.6. The average Bonchev–Trinajstić information content (AvgIpc) is 3.10. The highest BCUT2D eigenvalue weighted by atomic mass is 35.5. The van der Waals surface area contributed by atoms with Crippen molar-refractivity contribution in [2.75, 3.05) is 5.32 Å². The fraction of sp³-hybridized carbons (Fsp3) is 0.133. The number of hydrogen-bond donors (Lipinski definition) is 1. The lowest BCUT2D eigenvalue weighted by Crippen LogP contribution is -2.30. The zero-order chi connectivity index (χ0) is 18.1. The Hall–Kier alpha value is -2.52. The van der Waals surface area contributed by atoms with E-state index >= 15 is 0 Å². The average molecular weight is 386 g/mol. The van der Waals surface area contributed by atoms with Crippen LogP contribution in [0.25, 0.3) is 4.96 Å². The summed E-state index contributed by atoms with van der Waals surface area (Å²) in [5.74, 6) is -3.21. The number of rotatable bonds is 4. The van der Waals surface area contributed by atoms with Crippen molar-refractivity contribution >= 4 is 45.5 Å². The number of fused-ring (bicyclic) bond motifs is 1. The van der Waals surface area contributed by atoms with Gasteiger partial charge in [-0.1, -0.05) is 11.6 Å². The Morgan fingerprint density at radius 1 is 1.40 bits per heavy atom. The minimum Gasteiger partial charge on any atom is -0.448 e. The van der Waals surface area contributed by atoms with Crippen LogP contribution < -0.4 is 5.32 Å². The fourth-order valence-electron chi connectivity index (χ4n) is 2.04. The highest BCUT2D eigenvalue weighted by Gasteiger charge is 2.25. The zero-order valence-corrected chi connectivity index (χ0v) is 14.2. The normalized spacial score (nSPS) is 12.2. The number of carbonyl (C=O) groups excluding carboxylic acids is 2. The van der Waals surface area contributed by atoms with Crippen molar-refractivity contribution in [3.05, 3.63) is 52.3 Å². The van der Waals surface area contributed by atoms with Gasteiger partial charge in [0.2, 0.25) is 0 Å². The highest BCUT2D eigenvalue weighted by Crippen LogP contribution is 2.22. The van der Waals surface area contributed by atoms with Crippen LogP contribution in [0.3, 0.4) is 0 Å². The first-order valence-corrected chi connectivity index (χ1v) is 8.20. The number of halogens is 3. The molecule has 0 radical (unpaired) electrons. The second-order valence-corrected chi connectivity index (χ2v) is 6.20. The fourth-order valence-corrected chi connectivity index (χ4v) is 3.05. The van der Waals surface area contributed by atoms with Crippen molar-refractivity contribution in [1.82, 2.24) is 9.38 Å². The number of nitrogens with one attached hydrogen (secondary N) is 1. The van der Waals surface area contributed by atoms with Crippen molar-refractivity contribution in [2.45, 2.75) is 13.0 Å². The maximum atomic E-state index is 13.6. The maximum absolute atomic E-state index is 13.6. The first-order chi connectivity index (χ1) is 11.9. The van der Waals surface area contributed by atoms with E-state index in [0.717, 1.165) is 18.2 Å². The molecule has 0 fully saturated rings. The Labute approximate surface area is 149 Å². The number of nitrogens with zero attached hydrogens (tertiary/aromatic N) is 2. The number of amides is 1. The Kier molecular flexibility index (Phi) is 4.69. The Bertz CT molecular complexity index is 972. The summed E-state index contributed by atoms with van der Waals surface area (Å²) in [6.45, 7) is 1.30. The number of benzene rings is 1. The molecule has 0 saturated carbocycles. The molecular formula is C15H10ClF2N3O3S. The van der Waals surface area contributed by atoms with Crippen LogP contribution in [0.1, 0.15) is 17.4 Å². The quantitative estimate of drug-likeness (QED) is 0.697. The van der Waals surface area contributed by atoms with Crippen LogP contribution in [0.5, 0.6) is 0 Å². The van der Waals surface area contributed by atoms with Gasteiger partial charge in [0.25, 0.3) is 5.91 Å². The van der Waals surface area contributed by atoms with E-state index in [1.54, 1.807) is 11.6 Å². The van der Waals surface area contributed by atoms with Crippen molar-refractivity contribution in [3.8, 4) is 0 Å². The molecule has 0 aliphatic rings. The van der Waals surface area contributed by atoms with Gasteiger partial charge in [-0.3, -0.25) is 9.20 Å². The summed E-state index contributed by atoms with van der Waals surface area (Å²) in [7, 11) is 0. The van der Waals surface area contributed by atoms with Gasteiger partial charge in [0.05, 0.1) is 5.69 Å². The number of hydrogen-bond acceptors (Lipinski definition) is 5. The number of esters is 1. The van der Waals surface area contributed by atoms with Gasteiger partial charge in [0.15, 0.2) is 21.9 Å². The Morgan fingerprint density at radius 2 is 2.16 bits per heavy atom. The molecule has 0 spiro atoms. The second-order valence-electron chi connectivity index (χ2n) is 4.97. The lowest BCUT2D eigenvalue weighted by Gasteiger charge is -2.13. The van der Waals surface area contributed by atoms with E-state index in [9.17, 15) is 18.4 Å². The minimum atomic E-state index is -1.27. The van der Waals surface area contributed by atoms with E-state index in [2.05, 4.69) is 10.3 Å². The Balaban J connectivity index is 1.73. The predicted octanol–water partition coefficient (Wildman–Crippen LogP) is 3.51. The van der Waals surface area contributed by atoms with E-state index in [1.807, 2.05) is 0 Å². The van der Waals surface area contributed by atoms with Gasteiger partial charge in [-0.05, 0) is 19.1 Å². The van der Waals surface area contributed by atoms with Gasteiger partial charge in [0.1, 0.15) is 11.6 Å². The van der Waals surface area contributed by atoms with Crippen LogP contribution in [-0.2, 0) is 9.53 Å². The van der Waals surface area contributed by atoms with Crippen molar-refractivity contribution < 1.29 is 23.1 Å². The molecule has 25 heavy (non-hydrogen) atoms. The molecule has 3 rings (SSSR count). The van der Waals surface area contributed by atoms with Crippen LogP contribution >= 0.6 is 22.9 Å². The van der Waals surface area contributed by atoms with Crippen molar-refractivity contribution in [1.29, 1.82) is 0 Å². The van der Waals surface area contributed by atoms with E-state index in [4.69, 9.17) is 16.3 Å². The summed E-state index contributed by atoms with van der Waals surface area (Å²) in [6.07, 6.45) is 0.318. The lowest BCUT2D eigenvalue weighted by molar-refractivity contribution is -0.123. The topological polar surface area (TPSA) is 72.7 Å². The van der Waals surface area contributed by atoms with E-state index < -0.39 is 29.6 Å². The summed E-state index contributed by atoms with van der Waals surface area (Å²) >= 11 is 7.19. The SMILES string of the molecule is C[C@@H](OC(=O)c1c(Cl)nc2sccn12)C(=O)Nc1cc(F)ccc1F. The number of carbonyl (C=O) groups is 2. The molecule has 2 aromatic heterocycles. The minimum absolute atomic E-state index is 0.0190. The summed E-state index contributed by atoms with van der Waals surface area (Å²) in [6, 6.07) is 2.62. The number of aromatic nitrogens is 2. The third-order valence-corrected chi connectivity index (χ3v) is 4.27. The van der Waals surface area contributed by atoms with Crippen LogP contribution in [0, 0.1) is 11.6 Å². The third kappa shape index (κ3) is 3.47. The maximum Gasteiger partial charge on any atom is 0.359 e. The van der Waals surface area contributed by atoms with Gasteiger partial charge in [0, 0.05) is 17.6 Å². The van der Waals surface area contributed by atoms with Gasteiger partial charge in [-0.15, -0.1) is 11.3 Å². The monoisotopic (exact) mass is 385 g/mol. The molecule has 130 valence electrons. The number of ether oxygens (including phenoxy) is 1. The molecule has 0 bridgehead atoms. The summed E-state index contributed by atoms with van der Waals surface area (Å²) in [5.41, 5.74) is -0.370. The number of imidazole rings is 1. The molecule has 0 aliphatic heterocycles. The van der Waals surface area contributed by atoms with Crippen LogP contribution in [0.2, 0.25) is 5.15 Å². The highest BCUT2D eigenvalue weighted by molar-refractivity contribution is 7.15. The summed E-state index contributed by atoms with van der Waals surface area (Å²) in [4.78, 5) is 28.8. The molecule has 0 saturated heterocycles.